The molecule has 15 heavy (non-hydrogen) atoms. The summed E-state index contributed by atoms with van der Waals surface area (Å²) in [4.78, 5) is 2.63. The van der Waals surface area contributed by atoms with Gasteiger partial charge in [0.25, 0.3) is 0 Å². The molecule has 7 heteroatoms. The molecule has 0 bridgehead atoms. The summed E-state index contributed by atoms with van der Waals surface area (Å²) in [5, 5.41) is 8.61. The van der Waals surface area contributed by atoms with E-state index in [2.05, 4.69) is 4.79 Å². The summed E-state index contributed by atoms with van der Waals surface area (Å²) in [5.74, 6) is 0. The van der Waals surface area contributed by atoms with Crippen LogP contribution in [0.15, 0.2) is 0 Å². The second-order valence-electron chi connectivity index (χ2n) is 3.34. The maximum Gasteiger partial charge on any atom is 0.477 e. The first-order chi connectivity index (χ1) is 6.85. The fourth-order valence-electron chi connectivity index (χ4n) is 0.818. The Kier molecular flexibility index (Phi) is 5.41. The van der Waals surface area contributed by atoms with Gasteiger partial charge in [-0.15, -0.1) is 4.79 Å². The molecule has 0 N–H and O–H groups in total. The van der Waals surface area contributed by atoms with Crippen molar-refractivity contribution in [2.24, 2.45) is 0 Å². The molecule has 0 amide bonds. The van der Waals surface area contributed by atoms with E-state index in [4.69, 9.17) is 19.8 Å². The van der Waals surface area contributed by atoms with Crippen LogP contribution in [0.5, 0.6) is 0 Å². The third-order valence-corrected chi connectivity index (χ3v) is 3.26. The molecule has 0 radical (unpaired) electrons. The molecule has 0 unspecified atom stereocenters. The SMILES string of the molecule is CC(C)OP(=O)(OC(C)C)C(C#N)=[N+]=[N-]. The first-order valence-corrected chi connectivity index (χ1v) is 5.99. The first-order valence-electron chi connectivity index (χ1n) is 4.45. The van der Waals surface area contributed by atoms with Crippen molar-refractivity contribution in [2.45, 2.75) is 39.9 Å². The second kappa shape index (κ2) is 5.79. The van der Waals surface area contributed by atoms with Gasteiger partial charge in [0, 0.05) is 0 Å². The van der Waals surface area contributed by atoms with E-state index in [9.17, 15) is 4.57 Å². The minimum Gasteiger partial charge on any atom is -0.359 e. The molecule has 0 saturated heterocycles. The highest BCUT2D eigenvalue weighted by molar-refractivity contribution is 7.72. The van der Waals surface area contributed by atoms with Crippen LogP contribution in [0.1, 0.15) is 27.7 Å². The third-order valence-electron chi connectivity index (χ3n) is 1.15. The molecule has 84 valence electrons. The van der Waals surface area contributed by atoms with Gasteiger partial charge in [-0.2, -0.15) is 5.26 Å². The zero-order valence-electron chi connectivity index (χ0n) is 9.17. The van der Waals surface area contributed by atoms with E-state index in [0.29, 0.717) is 0 Å². The lowest BCUT2D eigenvalue weighted by Gasteiger charge is -2.16. The van der Waals surface area contributed by atoms with Crippen LogP contribution in [0.4, 0.5) is 0 Å². The smallest absolute Gasteiger partial charge is 0.359 e. The Labute approximate surface area is 89.0 Å². The van der Waals surface area contributed by atoms with Crippen LogP contribution in [-0.2, 0) is 13.6 Å². The van der Waals surface area contributed by atoms with E-state index in [0.717, 1.165) is 0 Å². The van der Waals surface area contributed by atoms with E-state index < -0.39 is 25.3 Å². The number of hydrogen-bond acceptors (Lipinski definition) is 4. The van der Waals surface area contributed by atoms with Crippen molar-refractivity contribution in [1.82, 2.24) is 0 Å². The zero-order chi connectivity index (χ0) is 12.1. The summed E-state index contributed by atoms with van der Waals surface area (Å²) in [6.07, 6.45) is -0.806. The van der Waals surface area contributed by atoms with Gasteiger partial charge < -0.3 is 5.53 Å². The van der Waals surface area contributed by atoms with Crippen molar-refractivity contribution in [2.75, 3.05) is 0 Å². The predicted molar refractivity (Wildman–Crippen MR) is 54.3 cm³/mol. The number of hydrogen-bond donors (Lipinski definition) is 0. The second-order valence-corrected chi connectivity index (χ2v) is 5.18. The standard InChI is InChI=1S/C8H14N3O3P/c1-6(2)13-15(12,14-7(3)4)8(5-9)11-10/h6-7H,1-4H3. The lowest BCUT2D eigenvalue weighted by molar-refractivity contribution is -0.00283. The average Bonchev–Trinajstić information content (AvgIpc) is 2.01. The van der Waals surface area contributed by atoms with Crippen molar-refractivity contribution in [1.29, 1.82) is 5.26 Å². The van der Waals surface area contributed by atoms with Crippen LogP contribution < -0.4 is 0 Å². The Bertz CT molecular complexity index is 339. The monoisotopic (exact) mass is 231 g/mol. The van der Waals surface area contributed by atoms with E-state index in [-0.39, 0.29) is 0 Å². The molecule has 0 aromatic carbocycles. The van der Waals surface area contributed by atoms with Gasteiger partial charge in [-0.25, -0.2) is 4.57 Å². The number of rotatable bonds is 5. The molecule has 0 aliphatic heterocycles. The van der Waals surface area contributed by atoms with Crippen LogP contribution in [0.2, 0.25) is 0 Å². The van der Waals surface area contributed by atoms with E-state index in [1.165, 1.54) is 6.07 Å². The lowest BCUT2D eigenvalue weighted by Crippen LogP contribution is -2.13. The molecule has 6 nitrogen and oxygen atoms in total. The molecule has 0 aromatic heterocycles. The van der Waals surface area contributed by atoms with Crippen molar-refractivity contribution in [3.8, 4) is 6.07 Å². The molecule has 0 spiro atoms. The van der Waals surface area contributed by atoms with Gasteiger partial charge >= 0.3 is 13.0 Å². The van der Waals surface area contributed by atoms with E-state index >= 15 is 0 Å². The van der Waals surface area contributed by atoms with Crippen LogP contribution >= 0.6 is 7.60 Å². The van der Waals surface area contributed by atoms with Crippen molar-refractivity contribution in [3.05, 3.63) is 5.53 Å². The largest absolute Gasteiger partial charge is 0.477 e. The zero-order valence-corrected chi connectivity index (χ0v) is 10.1. The van der Waals surface area contributed by atoms with Crippen molar-refractivity contribution >= 4 is 13.0 Å². The maximum atomic E-state index is 12.0. The summed E-state index contributed by atoms with van der Waals surface area (Å²) in [6.45, 7) is 6.57. The average molecular weight is 231 g/mol. The highest BCUT2D eigenvalue weighted by atomic mass is 31.2. The van der Waals surface area contributed by atoms with E-state index in [1.807, 2.05) is 0 Å². The molecule has 0 rings (SSSR count). The molecular weight excluding hydrogens is 217 g/mol. The third kappa shape index (κ3) is 4.37. The molecule has 0 heterocycles. The quantitative estimate of drug-likeness (QED) is 0.313. The van der Waals surface area contributed by atoms with Crippen molar-refractivity contribution in [3.63, 3.8) is 0 Å². The van der Waals surface area contributed by atoms with E-state index in [1.54, 1.807) is 27.7 Å². The maximum absolute atomic E-state index is 12.0. The number of nitrogens with zero attached hydrogens (tertiary/aromatic N) is 3. The summed E-state index contributed by atoms with van der Waals surface area (Å²) in [7, 11) is -3.80. The van der Waals surface area contributed by atoms with Crippen LogP contribution in [-0.4, -0.2) is 22.5 Å². The Morgan fingerprint density at radius 1 is 1.33 bits per heavy atom. The Morgan fingerprint density at radius 2 is 1.73 bits per heavy atom. The Morgan fingerprint density at radius 3 is 1.93 bits per heavy atom. The fraction of sp³-hybridized carbons (Fsp3) is 0.750. The molecule has 0 saturated carbocycles. The topological polar surface area (TPSA) is 95.7 Å². The Hall–Kier alpha value is -0.980. The van der Waals surface area contributed by atoms with Gasteiger partial charge in [0.15, 0.2) is 6.07 Å². The molecular formula is C8H14N3O3P. The first kappa shape index (κ1) is 14.0. The summed E-state index contributed by atoms with van der Waals surface area (Å²) in [5.41, 5.74) is 7.89. The lowest BCUT2D eigenvalue weighted by atomic mass is 10.5. The minimum absolute atomic E-state index is 0.403. The Balaban J connectivity index is 5.13. The molecule has 0 fully saturated rings. The normalized spacial score (nSPS) is 11.3. The van der Waals surface area contributed by atoms with Gasteiger partial charge in [0.2, 0.25) is 0 Å². The van der Waals surface area contributed by atoms with Crippen LogP contribution in [0.3, 0.4) is 0 Å². The molecule has 0 aromatic rings. The highest BCUT2D eigenvalue weighted by Gasteiger charge is 2.42. The minimum atomic E-state index is -3.80. The molecule has 0 aliphatic carbocycles. The highest BCUT2D eigenvalue weighted by Crippen LogP contribution is 2.50. The summed E-state index contributed by atoms with van der Waals surface area (Å²) in [6, 6.07) is 1.49. The predicted octanol–water partition coefficient (Wildman–Crippen LogP) is 2.18. The molecule has 0 atom stereocenters. The van der Waals surface area contributed by atoms with Gasteiger partial charge in [-0.05, 0) is 27.7 Å². The van der Waals surface area contributed by atoms with Crippen LogP contribution in [0.25, 0.3) is 5.53 Å². The number of nitriles is 1. The van der Waals surface area contributed by atoms with Gasteiger partial charge in [0.05, 0.1) is 12.2 Å². The van der Waals surface area contributed by atoms with Crippen molar-refractivity contribution < 1.29 is 18.4 Å². The van der Waals surface area contributed by atoms with Gasteiger partial charge in [-0.3, -0.25) is 9.05 Å². The summed E-state index contributed by atoms with van der Waals surface area (Å²) < 4.78 is 22.1. The van der Waals surface area contributed by atoms with Gasteiger partial charge in [0.1, 0.15) is 0 Å². The summed E-state index contributed by atoms with van der Waals surface area (Å²) >= 11 is 0. The van der Waals surface area contributed by atoms with Crippen LogP contribution in [0, 0.1) is 11.3 Å². The van der Waals surface area contributed by atoms with Gasteiger partial charge in [-0.1, -0.05) is 0 Å². The molecule has 0 aliphatic rings. The fourth-order valence-corrected chi connectivity index (χ4v) is 2.41.